The highest BCUT2D eigenvalue weighted by Gasteiger charge is 2.40. The van der Waals surface area contributed by atoms with Crippen molar-refractivity contribution in [2.24, 2.45) is 5.92 Å². The van der Waals surface area contributed by atoms with Crippen LogP contribution in [0.2, 0.25) is 0 Å². The van der Waals surface area contributed by atoms with Gasteiger partial charge < -0.3 is 15.5 Å². The molecule has 1 heterocycles. The van der Waals surface area contributed by atoms with E-state index in [2.05, 4.69) is 5.32 Å². The second-order valence-corrected chi connectivity index (χ2v) is 7.40. The van der Waals surface area contributed by atoms with Gasteiger partial charge >= 0.3 is 12.1 Å². The molecule has 0 bridgehead atoms. The van der Waals surface area contributed by atoms with E-state index in [-0.39, 0.29) is 36.0 Å². The molecule has 1 aliphatic rings. The minimum absolute atomic E-state index is 0.0288. The maximum atomic E-state index is 12.4. The molecule has 3 amide bonds. The van der Waals surface area contributed by atoms with Gasteiger partial charge in [0.15, 0.2) is 0 Å². The first-order chi connectivity index (χ1) is 12.4. The van der Waals surface area contributed by atoms with Gasteiger partial charge in [-0.25, -0.2) is 0 Å². The maximum absolute atomic E-state index is 12.4. The van der Waals surface area contributed by atoms with E-state index in [0.717, 1.165) is 0 Å². The molecule has 2 N–H and O–H groups in total. The molecule has 1 atom stereocenters. The number of hydrogen-bond acceptors (Lipinski definition) is 3. The normalized spacial score (nSPS) is 17.8. The Morgan fingerprint density at radius 2 is 1.81 bits per heavy atom. The van der Waals surface area contributed by atoms with E-state index < -0.39 is 18.0 Å². The third-order valence-electron chi connectivity index (χ3n) is 4.28. The monoisotopic (exact) mass is 385 g/mol. The average molecular weight is 385 g/mol. The number of nitrogens with zero attached hydrogens (tertiary/aromatic N) is 1. The molecule has 0 radical (unpaired) electrons. The van der Waals surface area contributed by atoms with E-state index in [9.17, 15) is 27.6 Å². The Hall–Kier alpha value is -2.58. The molecule has 0 spiro atoms. The predicted molar refractivity (Wildman–Crippen MR) is 92.5 cm³/mol. The number of carbonyl (C=O) groups is 3. The fourth-order valence-electron chi connectivity index (χ4n) is 2.85. The number of benzene rings is 1. The van der Waals surface area contributed by atoms with Gasteiger partial charge in [0, 0.05) is 30.7 Å². The summed E-state index contributed by atoms with van der Waals surface area (Å²) in [5, 5.41) is 4.44. The summed E-state index contributed by atoms with van der Waals surface area (Å²) in [6.45, 7) is 5.87. The molecule has 0 aliphatic carbocycles. The van der Waals surface area contributed by atoms with Crippen LogP contribution in [0.4, 0.5) is 18.9 Å². The number of para-hydroxylation sites is 1. The lowest BCUT2D eigenvalue weighted by Crippen LogP contribution is -2.43. The second kappa shape index (κ2) is 7.58. The highest BCUT2D eigenvalue weighted by Crippen LogP contribution is 2.26. The molecule has 148 valence electrons. The molecule has 9 heteroatoms. The number of rotatable bonds is 4. The van der Waals surface area contributed by atoms with E-state index >= 15 is 0 Å². The lowest BCUT2D eigenvalue weighted by atomic mass is 10.1. The van der Waals surface area contributed by atoms with Crippen molar-refractivity contribution < 1.29 is 27.6 Å². The second-order valence-electron chi connectivity index (χ2n) is 7.40. The van der Waals surface area contributed by atoms with E-state index in [1.54, 1.807) is 16.3 Å². The van der Waals surface area contributed by atoms with Crippen molar-refractivity contribution in [1.29, 1.82) is 0 Å². The summed E-state index contributed by atoms with van der Waals surface area (Å²) in [6.07, 6.45) is -4.91. The van der Waals surface area contributed by atoms with Crippen molar-refractivity contribution in [1.82, 2.24) is 10.2 Å². The van der Waals surface area contributed by atoms with Crippen LogP contribution >= 0.6 is 0 Å². The molecule has 1 aliphatic heterocycles. The number of alkyl halides is 3. The lowest BCUT2D eigenvalue weighted by Gasteiger charge is -2.31. The minimum atomic E-state index is -5.00. The molecular formula is C18H22F3N3O3. The molecule has 1 unspecified atom stereocenters. The maximum Gasteiger partial charge on any atom is 0.471 e. The average Bonchev–Trinajstić information content (AvgIpc) is 2.95. The van der Waals surface area contributed by atoms with Gasteiger partial charge in [0.2, 0.25) is 11.8 Å². The van der Waals surface area contributed by atoms with Crippen molar-refractivity contribution in [3.8, 4) is 0 Å². The Bertz CT molecular complexity index is 741. The minimum Gasteiger partial charge on any atom is -0.352 e. The Morgan fingerprint density at radius 1 is 1.19 bits per heavy atom. The molecule has 27 heavy (non-hydrogen) atoms. The van der Waals surface area contributed by atoms with Gasteiger partial charge in [-0.15, -0.1) is 0 Å². The van der Waals surface area contributed by atoms with Crippen LogP contribution < -0.4 is 10.6 Å². The number of hydrogen-bond donors (Lipinski definition) is 2. The third-order valence-corrected chi connectivity index (χ3v) is 4.28. The first-order valence-electron chi connectivity index (χ1n) is 8.44. The first kappa shape index (κ1) is 20.7. The first-order valence-corrected chi connectivity index (χ1v) is 8.44. The molecule has 2 rings (SSSR count). The van der Waals surface area contributed by atoms with Gasteiger partial charge in [0.05, 0.1) is 5.92 Å². The van der Waals surface area contributed by atoms with Crippen molar-refractivity contribution in [2.45, 2.75) is 45.5 Å². The van der Waals surface area contributed by atoms with Gasteiger partial charge in [0.25, 0.3) is 0 Å². The van der Waals surface area contributed by atoms with Gasteiger partial charge in [-0.2, -0.15) is 13.2 Å². The zero-order valence-corrected chi connectivity index (χ0v) is 15.3. The summed E-state index contributed by atoms with van der Waals surface area (Å²) < 4.78 is 37.3. The van der Waals surface area contributed by atoms with Crippen LogP contribution in [-0.4, -0.2) is 40.9 Å². The quantitative estimate of drug-likeness (QED) is 0.836. The fraction of sp³-hybridized carbons (Fsp3) is 0.500. The molecule has 6 nitrogen and oxygen atoms in total. The zero-order valence-electron chi connectivity index (χ0n) is 15.3. The summed E-state index contributed by atoms with van der Waals surface area (Å²) in [5.74, 6) is -3.07. The van der Waals surface area contributed by atoms with Crippen LogP contribution in [0.1, 0.15) is 32.8 Å². The van der Waals surface area contributed by atoms with Gasteiger partial charge in [-0.1, -0.05) is 18.2 Å². The molecule has 1 aromatic carbocycles. The Balaban J connectivity index is 2.00. The molecule has 1 saturated heterocycles. The molecule has 0 saturated carbocycles. The van der Waals surface area contributed by atoms with Crippen LogP contribution in [0.25, 0.3) is 0 Å². The summed E-state index contributed by atoms with van der Waals surface area (Å²) in [5.41, 5.74) is -0.0833. The van der Waals surface area contributed by atoms with Crippen LogP contribution in [0.3, 0.4) is 0 Å². The molecule has 1 fully saturated rings. The highest BCUT2D eigenvalue weighted by atomic mass is 19.4. The number of amides is 3. The van der Waals surface area contributed by atoms with Gasteiger partial charge in [-0.3, -0.25) is 14.4 Å². The number of likely N-dealkylation sites (tertiary alicyclic amines) is 1. The standard InChI is InChI=1S/C18H22F3N3O3/c1-17(2,3)24-10-12(8-14(24)25)15(26)22-9-11-6-4-5-7-13(11)23-16(27)18(19,20)21/h4-7,12H,8-10H2,1-3H3,(H,22,26)(H,23,27). The fourth-order valence-corrected chi connectivity index (χ4v) is 2.85. The van der Waals surface area contributed by atoms with Crippen molar-refractivity contribution in [2.75, 3.05) is 11.9 Å². The summed E-state index contributed by atoms with van der Waals surface area (Å²) in [7, 11) is 0. The number of anilines is 1. The van der Waals surface area contributed by atoms with Gasteiger partial charge in [0.1, 0.15) is 0 Å². The Labute approximate surface area is 155 Å². The van der Waals surface area contributed by atoms with Crippen LogP contribution in [0.5, 0.6) is 0 Å². The molecule has 1 aromatic rings. The van der Waals surface area contributed by atoms with Crippen molar-refractivity contribution in [3.05, 3.63) is 29.8 Å². The van der Waals surface area contributed by atoms with E-state index in [0.29, 0.717) is 12.1 Å². The third kappa shape index (κ3) is 5.21. The van der Waals surface area contributed by atoms with E-state index in [1.807, 2.05) is 20.8 Å². The Morgan fingerprint density at radius 3 is 2.37 bits per heavy atom. The van der Waals surface area contributed by atoms with Crippen molar-refractivity contribution in [3.63, 3.8) is 0 Å². The topological polar surface area (TPSA) is 78.5 Å². The predicted octanol–water partition coefficient (Wildman–Crippen LogP) is 2.45. The number of carbonyl (C=O) groups excluding carboxylic acids is 3. The van der Waals surface area contributed by atoms with E-state index in [1.165, 1.54) is 18.2 Å². The van der Waals surface area contributed by atoms with Crippen LogP contribution in [0, 0.1) is 5.92 Å². The van der Waals surface area contributed by atoms with E-state index in [4.69, 9.17) is 0 Å². The van der Waals surface area contributed by atoms with Crippen LogP contribution in [-0.2, 0) is 20.9 Å². The van der Waals surface area contributed by atoms with Crippen molar-refractivity contribution >= 4 is 23.4 Å². The summed E-state index contributed by atoms with van der Waals surface area (Å²) in [4.78, 5) is 37.2. The lowest BCUT2D eigenvalue weighted by molar-refractivity contribution is -0.167. The largest absolute Gasteiger partial charge is 0.471 e. The molecular weight excluding hydrogens is 363 g/mol. The smallest absolute Gasteiger partial charge is 0.352 e. The van der Waals surface area contributed by atoms with Gasteiger partial charge in [-0.05, 0) is 32.4 Å². The highest BCUT2D eigenvalue weighted by molar-refractivity contribution is 5.95. The Kier molecular flexibility index (Phi) is 5.82. The zero-order chi connectivity index (χ0) is 20.4. The number of halogens is 3. The summed E-state index contributed by atoms with van der Waals surface area (Å²) in [6, 6.07) is 5.90. The summed E-state index contributed by atoms with van der Waals surface area (Å²) >= 11 is 0. The van der Waals surface area contributed by atoms with Crippen LogP contribution in [0.15, 0.2) is 24.3 Å². The molecule has 0 aromatic heterocycles. The SMILES string of the molecule is CC(C)(C)N1CC(C(=O)NCc2ccccc2NC(=O)C(F)(F)F)CC1=O. The number of nitrogens with one attached hydrogen (secondary N) is 2.